The van der Waals surface area contributed by atoms with Crippen LogP contribution in [-0.2, 0) is 6.42 Å². The van der Waals surface area contributed by atoms with Crippen LogP contribution in [-0.4, -0.2) is 11.6 Å². The molecule has 17 heavy (non-hydrogen) atoms. The fourth-order valence-corrected chi connectivity index (χ4v) is 2.19. The smallest absolute Gasteiger partial charge is 0.132 e. The van der Waals surface area contributed by atoms with Gasteiger partial charge in [-0.05, 0) is 30.2 Å². The third-order valence-electron chi connectivity index (χ3n) is 3.18. The van der Waals surface area contributed by atoms with E-state index < -0.39 is 0 Å². The van der Waals surface area contributed by atoms with Gasteiger partial charge >= 0.3 is 0 Å². The summed E-state index contributed by atoms with van der Waals surface area (Å²) in [4.78, 5) is 4.38. The normalized spacial score (nSPS) is 13.2. The van der Waals surface area contributed by atoms with Crippen LogP contribution in [0.2, 0.25) is 0 Å². The molecule has 1 aliphatic heterocycles. The molecular formula is C14H14N2O. The molecule has 3 nitrogen and oxygen atoms in total. The highest BCUT2D eigenvalue weighted by Gasteiger charge is 2.19. The van der Waals surface area contributed by atoms with Crippen molar-refractivity contribution in [3.05, 3.63) is 41.6 Å². The average Bonchev–Trinajstić information content (AvgIpc) is 2.81. The molecule has 0 saturated heterocycles. The van der Waals surface area contributed by atoms with Gasteiger partial charge in [-0.1, -0.05) is 12.1 Å². The van der Waals surface area contributed by atoms with Crippen LogP contribution in [0.4, 0.5) is 5.69 Å². The highest BCUT2D eigenvalue weighted by molar-refractivity contribution is 5.80. The molecule has 0 unspecified atom stereocenters. The lowest BCUT2D eigenvalue weighted by Crippen LogP contribution is -1.97. The van der Waals surface area contributed by atoms with Gasteiger partial charge in [0.25, 0.3) is 0 Å². The zero-order chi connectivity index (χ0) is 11.8. The number of hydrogen-bond acceptors (Lipinski definition) is 3. The number of hydrogen-bond donors (Lipinski definition) is 1. The molecule has 0 atom stereocenters. The molecule has 0 aliphatic carbocycles. The fourth-order valence-electron chi connectivity index (χ4n) is 2.19. The van der Waals surface area contributed by atoms with Crippen molar-refractivity contribution in [3.63, 3.8) is 0 Å². The van der Waals surface area contributed by atoms with Crippen molar-refractivity contribution in [2.75, 3.05) is 12.3 Å². The molecule has 86 valence electrons. The van der Waals surface area contributed by atoms with Crippen molar-refractivity contribution < 1.29 is 4.74 Å². The van der Waals surface area contributed by atoms with Crippen LogP contribution >= 0.6 is 0 Å². The van der Waals surface area contributed by atoms with Gasteiger partial charge in [0, 0.05) is 18.2 Å². The Bertz CT molecular complexity index is 578. The topological polar surface area (TPSA) is 48.1 Å². The van der Waals surface area contributed by atoms with E-state index in [0.717, 1.165) is 41.3 Å². The highest BCUT2D eigenvalue weighted by Crippen LogP contribution is 2.38. The first-order valence-electron chi connectivity index (χ1n) is 5.73. The number of nitrogens with two attached hydrogens (primary N) is 1. The van der Waals surface area contributed by atoms with E-state index in [0.29, 0.717) is 0 Å². The Labute approximate surface area is 100 Å². The fraction of sp³-hybridized carbons (Fsp3) is 0.214. The van der Waals surface area contributed by atoms with Crippen LogP contribution in [0.1, 0.15) is 11.1 Å². The summed E-state index contributed by atoms with van der Waals surface area (Å²) in [6.07, 6.45) is 2.75. The molecule has 1 aliphatic rings. The number of aromatic nitrogens is 1. The van der Waals surface area contributed by atoms with Gasteiger partial charge in [0.15, 0.2) is 0 Å². The zero-order valence-electron chi connectivity index (χ0n) is 9.73. The van der Waals surface area contributed by atoms with E-state index in [1.54, 1.807) is 6.20 Å². The standard InChI is InChI=1S/C14H14N2O/c1-9-5-7-16-13(12(9)15)11-4-2-3-10-6-8-17-14(10)11/h2-5,7H,6,8,15H2,1H3. The molecule has 0 amide bonds. The summed E-state index contributed by atoms with van der Waals surface area (Å²) in [6, 6.07) is 8.06. The van der Waals surface area contributed by atoms with Crippen molar-refractivity contribution in [3.8, 4) is 17.0 Å². The minimum Gasteiger partial charge on any atom is -0.492 e. The quantitative estimate of drug-likeness (QED) is 0.813. The maximum Gasteiger partial charge on any atom is 0.132 e. The van der Waals surface area contributed by atoms with E-state index in [-0.39, 0.29) is 0 Å². The number of pyridine rings is 1. The number of rotatable bonds is 1. The number of nitrogen functional groups attached to an aromatic ring is 1. The van der Waals surface area contributed by atoms with E-state index in [1.165, 1.54) is 5.56 Å². The van der Waals surface area contributed by atoms with Gasteiger partial charge in [-0.25, -0.2) is 0 Å². The van der Waals surface area contributed by atoms with Gasteiger partial charge in [0.05, 0.1) is 18.0 Å². The third-order valence-corrected chi connectivity index (χ3v) is 3.18. The molecule has 0 radical (unpaired) electrons. The molecule has 1 aromatic carbocycles. The van der Waals surface area contributed by atoms with Crippen LogP contribution in [0.3, 0.4) is 0 Å². The van der Waals surface area contributed by atoms with E-state index in [2.05, 4.69) is 11.1 Å². The lowest BCUT2D eigenvalue weighted by molar-refractivity contribution is 0.358. The second kappa shape index (κ2) is 3.77. The molecule has 0 saturated carbocycles. The van der Waals surface area contributed by atoms with E-state index >= 15 is 0 Å². The predicted molar refractivity (Wildman–Crippen MR) is 68.0 cm³/mol. The van der Waals surface area contributed by atoms with Crippen molar-refractivity contribution in [1.82, 2.24) is 4.98 Å². The zero-order valence-corrected chi connectivity index (χ0v) is 9.73. The van der Waals surface area contributed by atoms with Crippen LogP contribution in [0, 0.1) is 6.92 Å². The van der Waals surface area contributed by atoms with Crippen molar-refractivity contribution >= 4 is 5.69 Å². The minimum atomic E-state index is 0.733. The van der Waals surface area contributed by atoms with Crippen LogP contribution in [0.5, 0.6) is 5.75 Å². The Morgan fingerprint density at radius 3 is 3.06 bits per heavy atom. The molecular weight excluding hydrogens is 212 g/mol. The van der Waals surface area contributed by atoms with Gasteiger partial charge < -0.3 is 10.5 Å². The number of fused-ring (bicyclic) bond motifs is 1. The first-order valence-corrected chi connectivity index (χ1v) is 5.73. The summed E-state index contributed by atoms with van der Waals surface area (Å²) >= 11 is 0. The minimum absolute atomic E-state index is 0.733. The second-order valence-corrected chi connectivity index (χ2v) is 4.28. The maximum atomic E-state index is 6.09. The molecule has 2 N–H and O–H groups in total. The van der Waals surface area contributed by atoms with E-state index in [9.17, 15) is 0 Å². The number of nitrogens with zero attached hydrogens (tertiary/aromatic N) is 1. The van der Waals surface area contributed by atoms with Crippen molar-refractivity contribution in [2.45, 2.75) is 13.3 Å². The van der Waals surface area contributed by atoms with Crippen LogP contribution in [0.25, 0.3) is 11.3 Å². The first-order chi connectivity index (χ1) is 8.27. The molecule has 3 heteroatoms. The third kappa shape index (κ3) is 1.55. The highest BCUT2D eigenvalue weighted by atomic mass is 16.5. The Balaban J connectivity index is 2.23. The van der Waals surface area contributed by atoms with E-state index in [1.807, 2.05) is 25.1 Å². The number of anilines is 1. The summed E-state index contributed by atoms with van der Waals surface area (Å²) in [5, 5.41) is 0. The first kappa shape index (κ1) is 10.1. The SMILES string of the molecule is Cc1ccnc(-c2cccc3c2OCC3)c1N. The number of aryl methyl sites for hydroxylation is 1. The Morgan fingerprint density at radius 1 is 1.29 bits per heavy atom. The summed E-state index contributed by atoms with van der Waals surface area (Å²) in [6.45, 7) is 2.74. The van der Waals surface area contributed by atoms with Gasteiger partial charge in [-0.15, -0.1) is 0 Å². The Morgan fingerprint density at radius 2 is 2.18 bits per heavy atom. The van der Waals surface area contributed by atoms with Crippen molar-refractivity contribution in [2.24, 2.45) is 0 Å². The van der Waals surface area contributed by atoms with Gasteiger partial charge in [-0.2, -0.15) is 0 Å². The number of para-hydroxylation sites is 1. The van der Waals surface area contributed by atoms with E-state index in [4.69, 9.17) is 10.5 Å². The number of benzene rings is 1. The molecule has 2 aromatic rings. The largest absolute Gasteiger partial charge is 0.492 e. The summed E-state index contributed by atoms with van der Waals surface area (Å²) < 4.78 is 5.68. The average molecular weight is 226 g/mol. The molecule has 2 heterocycles. The van der Waals surface area contributed by atoms with Gasteiger partial charge in [0.2, 0.25) is 0 Å². The second-order valence-electron chi connectivity index (χ2n) is 4.28. The summed E-state index contributed by atoms with van der Waals surface area (Å²) in [5.74, 6) is 0.942. The lowest BCUT2D eigenvalue weighted by atomic mass is 10.0. The molecule has 0 bridgehead atoms. The summed E-state index contributed by atoms with van der Waals surface area (Å²) in [5.41, 5.74) is 10.9. The molecule has 0 spiro atoms. The monoisotopic (exact) mass is 226 g/mol. The molecule has 0 fully saturated rings. The van der Waals surface area contributed by atoms with Crippen LogP contribution < -0.4 is 10.5 Å². The Kier molecular flexibility index (Phi) is 2.25. The van der Waals surface area contributed by atoms with Crippen LogP contribution in [0.15, 0.2) is 30.5 Å². The lowest BCUT2D eigenvalue weighted by Gasteiger charge is -2.10. The van der Waals surface area contributed by atoms with Gasteiger partial charge in [0.1, 0.15) is 5.75 Å². The maximum absolute atomic E-state index is 6.09. The van der Waals surface area contributed by atoms with Gasteiger partial charge in [-0.3, -0.25) is 4.98 Å². The van der Waals surface area contributed by atoms with Crippen molar-refractivity contribution in [1.29, 1.82) is 0 Å². The summed E-state index contributed by atoms with van der Waals surface area (Å²) in [7, 11) is 0. The predicted octanol–water partition coefficient (Wildman–Crippen LogP) is 2.57. The Hall–Kier alpha value is -2.03. The molecule has 3 rings (SSSR count). The molecule has 1 aromatic heterocycles. The number of ether oxygens (including phenoxy) is 1.